The van der Waals surface area contributed by atoms with Gasteiger partial charge in [-0.3, -0.25) is 4.79 Å². The Balaban J connectivity index is 1.96. The second kappa shape index (κ2) is 7.11. The van der Waals surface area contributed by atoms with Crippen LogP contribution in [0.5, 0.6) is 0 Å². The zero-order valence-corrected chi connectivity index (χ0v) is 12.8. The van der Waals surface area contributed by atoms with Crippen LogP contribution in [0.3, 0.4) is 0 Å². The fourth-order valence-corrected chi connectivity index (χ4v) is 3.82. The zero-order chi connectivity index (χ0) is 14.4. The van der Waals surface area contributed by atoms with Crippen LogP contribution in [0, 0.1) is 22.7 Å². The van der Waals surface area contributed by atoms with Crippen LogP contribution >= 0.6 is 0 Å². The summed E-state index contributed by atoms with van der Waals surface area (Å²) in [5.74, 6) is 0.606. The quantitative estimate of drug-likeness (QED) is 0.794. The summed E-state index contributed by atoms with van der Waals surface area (Å²) in [7, 11) is 0. The van der Waals surface area contributed by atoms with E-state index in [0.29, 0.717) is 5.92 Å². The van der Waals surface area contributed by atoms with Gasteiger partial charge in [-0.1, -0.05) is 44.9 Å². The van der Waals surface area contributed by atoms with Crippen molar-refractivity contribution in [1.29, 1.82) is 5.26 Å². The Morgan fingerprint density at radius 1 is 1.10 bits per heavy atom. The molecule has 2 rings (SSSR count). The standard InChI is InChI=1S/C17H28N2O/c1-14(15-9-5-4-6-10-15)19-16(20)17(13-18)11-7-2-3-8-12-17/h14-15H,2-12H2,1H3,(H,19,20). The molecule has 0 aromatic carbocycles. The van der Waals surface area contributed by atoms with E-state index in [9.17, 15) is 10.1 Å². The lowest BCUT2D eigenvalue weighted by molar-refractivity contribution is -0.129. The monoisotopic (exact) mass is 276 g/mol. The molecule has 3 nitrogen and oxygen atoms in total. The first-order chi connectivity index (χ1) is 9.68. The molecule has 112 valence electrons. The Morgan fingerprint density at radius 2 is 1.65 bits per heavy atom. The molecule has 0 saturated heterocycles. The van der Waals surface area contributed by atoms with Gasteiger partial charge in [-0.2, -0.15) is 5.26 Å². The summed E-state index contributed by atoms with van der Waals surface area (Å²) in [5, 5.41) is 12.7. The third-order valence-corrected chi connectivity index (χ3v) is 5.32. The van der Waals surface area contributed by atoms with E-state index in [1.807, 2.05) is 0 Å². The molecule has 0 spiro atoms. The average molecular weight is 276 g/mol. The lowest BCUT2D eigenvalue weighted by atomic mass is 9.79. The highest BCUT2D eigenvalue weighted by Gasteiger charge is 2.39. The average Bonchev–Trinajstić information content (AvgIpc) is 2.74. The topological polar surface area (TPSA) is 52.9 Å². The summed E-state index contributed by atoms with van der Waals surface area (Å²) in [4.78, 5) is 12.6. The van der Waals surface area contributed by atoms with Crippen molar-refractivity contribution in [2.24, 2.45) is 11.3 Å². The maximum absolute atomic E-state index is 12.6. The maximum atomic E-state index is 12.6. The molecule has 1 atom stereocenters. The highest BCUT2D eigenvalue weighted by atomic mass is 16.2. The van der Waals surface area contributed by atoms with Crippen molar-refractivity contribution in [3.8, 4) is 6.07 Å². The lowest BCUT2D eigenvalue weighted by Gasteiger charge is -2.31. The molecule has 0 bridgehead atoms. The van der Waals surface area contributed by atoms with E-state index in [1.54, 1.807) is 0 Å². The van der Waals surface area contributed by atoms with Gasteiger partial charge in [-0.05, 0) is 38.5 Å². The van der Waals surface area contributed by atoms with E-state index in [2.05, 4.69) is 18.3 Å². The summed E-state index contributed by atoms with van der Waals surface area (Å²) in [6, 6.07) is 2.57. The summed E-state index contributed by atoms with van der Waals surface area (Å²) >= 11 is 0. The first-order valence-electron chi connectivity index (χ1n) is 8.40. The molecule has 2 fully saturated rings. The normalized spacial score (nSPS) is 25.2. The summed E-state index contributed by atoms with van der Waals surface area (Å²) in [5.41, 5.74) is -0.751. The number of nitriles is 1. The van der Waals surface area contributed by atoms with Crippen LogP contribution in [0.25, 0.3) is 0 Å². The molecule has 0 radical (unpaired) electrons. The number of nitrogens with zero attached hydrogens (tertiary/aromatic N) is 1. The summed E-state index contributed by atoms with van der Waals surface area (Å²) in [6.45, 7) is 2.12. The molecule has 20 heavy (non-hydrogen) atoms. The Hall–Kier alpha value is -1.04. The molecular weight excluding hydrogens is 248 g/mol. The van der Waals surface area contributed by atoms with Gasteiger partial charge in [0.15, 0.2) is 0 Å². The zero-order valence-electron chi connectivity index (χ0n) is 12.8. The predicted molar refractivity (Wildman–Crippen MR) is 79.9 cm³/mol. The van der Waals surface area contributed by atoms with Gasteiger partial charge in [-0.15, -0.1) is 0 Å². The van der Waals surface area contributed by atoms with E-state index in [0.717, 1.165) is 38.5 Å². The molecule has 1 unspecified atom stereocenters. The highest BCUT2D eigenvalue weighted by Crippen LogP contribution is 2.35. The van der Waals surface area contributed by atoms with E-state index in [4.69, 9.17) is 0 Å². The van der Waals surface area contributed by atoms with Crippen molar-refractivity contribution in [2.45, 2.75) is 83.6 Å². The third-order valence-electron chi connectivity index (χ3n) is 5.32. The van der Waals surface area contributed by atoms with Crippen LogP contribution in [0.2, 0.25) is 0 Å². The second-order valence-corrected chi connectivity index (χ2v) is 6.77. The van der Waals surface area contributed by atoms with Crippen LogP contribution in [-0.2, 0) is 4.79 Å². The lowest BCUT2D eigenvalue weighted by Crippen LogP contribution is -2.46. The van der Waals surface area contributed by atoms with E-state index < -0.39 is 5.41 Å². The summed E-state index contributed by atoms with van der Waals surface area (Å²) < 4.78 is 0. The van der Waals surface area contributed by atoms with Gasteiger partial charge < -0.3 is 5.32 Å². The van der Waals surface area contributed by atoms with Crippen molar-refractivity contribution in [1.82, 2.24) is 5.32 Å². The van der Waals surface area contributed by atoms with Crippen molar-refractivity contribution in [3.63, 3.8) is 0 Å². The Kier molecular flexibility index (Phi) is 5.46. The minimum absolute atomic E-state index is 0.0000246. The van der Waals surface area contributed by atoms with Crippen LogP contribution < -0.4 is 5.32 Å². The number of hydrogen-bond donors (Lipinski definition) is 1. The number of nitrogens with one attached hydrogen (secondary N) is 1. The molecule has 0 aliphatic heterocycles. The summed E-state index contributed by atoms with van der Waals surface area (Å²) in [6.07, 6.45) is 12.2. The molecule has 0 heterocycles. The van der Waals surface area contributed by atoms with E-state index >= 15 is 0 Å². The van der Waals surface area contributed by atoms with Crippen molar-refractivity contribution in [3.05, 3.63) is 0 Å². The number of carbonyl (C=O) groups is 1. The first-order valence-corrected chi connectivity index (χ1v) is 8.40. The molecular formula is C17H28N2O. The Bertz CT molecular complexity index is 358. The first kappa shape index (κ1) is 15.4. The Labute approximate surface area is 123 Å². The van der Waals surface area contributed by atoms with Crippen LogP contribution in [0.1, 0.15) is 77.6 Å². The minimum Gasteiger partial charge on any atom is -0.352 e. The van der Waals surface area contributed by atoms with Gasteiger partial charge in [0, 0.05) is 6.04 Å². The molecule has 1 N–H and O–H groups in total. The number of carbonyl (C=O) groups excluding carboxylic acids is 1. The Morgan fingerprint density at radius 3 is 2.20 bits per heavy atom. The second-order valence-electron chi connectivity index (χ2n) is 6.77. The molecule has 3 heteroatoms. The maximum Gasteiger partial charge on any atom is 0.240 e. The van der Waals surface area contributed by atoms with Crippen LogP contribution in [0.15, 0.2) is 0 Å². The van der Waals surface area contributed by atoms with E-state index in [1.165, 1.54) is 32.1 Å². The molecule has 0 aromatic rings. The number of rotatable bonds is 3. The van der Waals surface area contributed by atoms with Gasteiger partial charge in [0.1, 0.15) is 5.41 Å². The van der Waals surface area contributed by atoms with Gasteiger partial charge in [0.25, 0.3) is 0 Å². The molecule has 2 saturated carbocycles. The van der Waals surface area contributed by atoms with Gasteiger partial charge >= 0.3 is 0 Å². The highest BCUT2D eigenvalue weighted by molar-refractivity contribution is 5.85. The number of amides is 1. The molecule has 0 aromatic heterocycles. The largest absolute Gasteiger partial charge is 0.352 e. The van der Waals surface area contributed by atoms with Crippen molar-refractivity contribution in [2.75, 3.05) is 0 Å². The fourth-order valence-electron chi connectivity index (χ4n) is 3.82. The van der Waals surface area contributed by atoms with E-state index in [-0.39, 0.29) is 11.9 Å². The van der Waals surface area contributed by atoms with Crippen LogP contribution in [-0.4, -0.2) is 11.9 Å². The molecule has 1 amide bonds. The van der Waals surface area contributed by atoms with Gasteiger partial charge in [-0.25, -0.2) is 0 Å². The minimum atomic E-state index is -0.751. The van der Waals surface area contributed by atoms with Gasteiger partial charge in [0.05, 0.1) is 6.07 Å². The smallest absolute Gasteiger partial charge is 0.240 e. The third kappa shape index (κ3) is 3.53. The van der Waals surface area contributed by atoms with Crippen molar-refractivity contribution >= 4 is 5.91 Å². The van der Waals surface area contributed by atoms with Crippen LogP contribution in [0.4, 0.5) is 0 Å². The molecule has 2 aliphatic rings. The van der Waals surface area contributed by atoms with Gasteiger partial charge in [0.2, 0.25) is 5.91 Å². The molecule has 2 aliphatic carbocycles. The number of hydrogen-bond acceptors (Lipinski definition) is 2. The predicted octanol–water partition coefficient (Wildman–Crippen LogP) is 3.94. The SMILES string of the molecule is CC(NC(=O)C1(C#N)CCCCCC1)C1CCCCC1. The van der Waals surface area contributed by atoms with Crippen molar-refractivity contribution < 1.29 is 4.79 Å². The fraction of sp³-hybridized carbons (Fsp3) is 0.882.